The molecule has 3 unspecified atom stereocenters. The number of fused-ring (bicyclic) bond motifs is 3. The van der Waals surface area contributed by atoms with Crippen LogP contribution in [0.25, 0.3) is 0 Å². The van der Waals surface area contributed by atoms with Crippen LogP contribution in [-0.2, 0) is 22.7 Å². The highest BCUT2D eigenvalue weighted by molar-refractivity contribution is 6.05. The summed E-state index contributed by atoms with van der Waals surface area (Å²) >= 11 is 0. The van der Waals surface area contributed by atoms with E-state index in [0.717, 1.165) is 24.6 Å². The Morgan fingerprint density at radius 3 is 2.82 bits per heavy atom. The average Bonchev–Trinajstić information content (AvgIpc) is 3.34. The number of piperidine rings is 2. The number of carbonyl (C=O) groups excluding carboxylic acids is 3. The van der Waals surface area contributed by atoms with Gasteiger partial charge in [-0.15, -0.1) is 0 Å². The van der Waals surface area contributed by atoms with Crippen molar-refractivity contribution in [3.05, 3.63) is 34.9 Å². The van der Waals surface area contributed by atoms with Crippen molar-refractivity contribution in [3.63, 3.8) is 0 Å². The average molecular weight is 382 g/mol. The van der Waals surface area contributed by atoms with E-state index in [9.17, 15) is 14.4 Å². The van der Waals surface area contributed by atoms with Gasteiger partial charge in [0.05, 0.1) is 0 Å². The zero-order valence-electron chi connectivity index (χ0n) is 15.9. The lowest BCUT2D eigenvalue weighted by Crippen LogP contribution is -2.52. The molecule has 2 bridgehead atoms. The molecule has 0 radical (unpaired) electrons. The third kappa shape index (κ3) is 2.68. The largest absolute Gasteiger partial charge is 0.329 e. The van der Waals surface area contributed by atoms with Gasteiger partial charge in [-0.1, -0.05) is 12.1 Å². The zero-order valence-corrected chi connectivity index (χ0v) is 15.9. The predicted octanol–water partition coefficient (Wildman–Crippen LogP) is 0.761. The first-order chi connectivity index (χ1) is 13.5. The molecule has 148 valence electrons. The second-order valence-electron chi connectivity index (χ2n) is 8.81. The Balaban J connectivity index is 1.33. The molecule has 1 aromatic rings. The smallest absolute Gasteiger partial charge is 0.255 e. The van der Waals surface area contributed by atoms with E-state index in [-0.39, 0.29) is 29.7 Å². The topological polar surface area (TPSA) is 95.7 Å². The summed E-state index contributed by atoms with van der Waals surface area (Å²) in [7, 11) is 0. The van der Waals surface area contributed by atoms with E-state index in [1.165, 1.54) is 24.8 Å². The summed E-state index contributed by atoms with van der Waals surface area (Å²) in [5.41, 5.74) is 9.11. The van der Waals surface area contributed by atoms with Crippen molar-refractivity contribution in [2.45, 2.75) is 56.8 Å². The van der Waals surface area contributed by atoms with Gasteiger partial charge in [-0.2, -0.15) is 0 Å². The fraction of sp³-hybridized carbons (Fsp3) is 0.571. The lowest BCUT2D eigenvalue weighted by molar-refractivity contribution is -0.136. The van der Waals surface area contributed by atoms with Gasteiger partial charge in [0.15, 0.2) is 0 Å². The molecule has 1 aromatic carbocycles. The molecule has 7 heteroatoms. The van der Waals surface area contributed by atoms with Gasteiger partial charge in [0, 0.05) is 43.7 Å². The summed E-state index contributed by atoms with van der Waals surface area (Å²) in [6, 6.07) is 5.47. The summed E-state index contributed by atoms with van der Waals surface area (Å²) in [4.78, 5) is 40.5. The first kappa shape index (κ1) is 17.8. The number of likely N-dealkylation sites (tertiary alicyclic amines) is 1. The molecule has 0 spiro atoms. The van der Waals surface area contributed by atoms with Crippen LogP contribution in [0.15, 0.2) is 18.2 Å². The molecule has 2 saturated heterocycles. The summed E-state index contributed by atoms with van der Waals surface area (Å²) in [5, 5.41) is 2.35. The lowest BCUT2D eigenvalue weighted by Gasteiger charge is -2.38. The van der Waals surface area contributed by atoms with Crippen LogP contribution < -0.4 is 11.1 Å². The SMILES string of the molecule is NCC12CCC(CN1Cc1ccc3c(c1)CN(C1CCC(=O)NC1=O)C3=O)C2. The molecule has 7 nitrogen and oxygen atoms in total. The van der Waals surface area contributed by atoms with Crippen molar-refractivity contribution < 1.29 is 14.4 Å². The molecule has 3 fully saturated rings. The van der Waals surface area contributed by atoms with Crippen LogP contribution in [0.3, 0.4) is 0 Å². The maximum Gasteiger partial charge on any atom is 0.255 e. The van der Waals surface area contributed by atoms with Crippen LogP contribution in [-0.4, -0.2) is 52.2 Å². The highest BCUT2D eigenvalue weighted by Crippen LogP contribution is 2.46. The Hall–Kier alpha value is -2.25. The van der Waals surface area contributed by atoms with Gasteiger partial charge in [0.25, 0.3) is 5.91 Å². The van der Waals surface area contributed by atoms with Gasteiger partial charge in [0.2, 0.25) is 11.8 Å². The van der Waals surface area contributed by atoms with E-state index in [1.807, 2.05) is 12.1 Å². The lowest BCUT2D eigenvalue weighted by atomic mass is 9.96. The molecule has 28 heavy (non-hydrogen) atoms. The number of imide groups is 1. The first-order valence-electron chi connectivity index (χ1n) is 10.2. The number of hydrogen-bond acceptors (Lipinski definition) is 5. The van der Waals surface area contributed by atoms with E-state index in [0.29, 0.717) is 25.1 Å². The Labute approximate surface area is 164 Å². The Kier molecular flexibility index (Phi) is 4.07. The van der Waals surface area contributed by atoms with Crippen molar-refractivity contribution in [1.29, 1.82) is 0 Å². The first-order valence-corrected chi connectivity index (χ1v) is 10.2. The van der Waals surface area contributed by atoms with Crippen molar-refractivity contribution >= 4 is 17.7 Å². The zero-order chi connectivity index (χ0) is 19.5. The summed E-state index contributed by atoms with van der Waals surface area (Å²) in [5.74, 6) is 0.0225. The van der Waals surface area contributed by atoms with Gasteiger partial charge >= 0.3 is 0 Å². The molecule has 3 amide bonds. The van der Waals surface area contributed by atoms with Gasteiger partial charge in [-0.3, -0.25) is 24.6 Å². The van der Waals surface area contributed by atoms with Crippen LogP contribution in [0.1, 0.15) is 53.6 Å². The van der Waals surface area contributed by atoms with Crippen LogP contribution in [0.5, 0.6) is 0 Å². The number of nitrogens with one attached hydrogen (secondary N) is 1. The fourth-order valence-corrected chi connectivity index (χ4v) is 5.66. The minimum Gasteiger partial charge on any atom is -0.329 e. The van der Waals surface area contributed by atoms with Crippen LogP contribution in [0.2, 0.25) is 0 Å². The number of rotatable bonds is 4. The standard InChI is InChI=1S/C21H26N4O3/c22-12-21-6-5-14(8-21)10-24(21)9-13-1-2-16-15(7-13)11-25(20(16)28)17-3-4-18(26)23-19(17)27/h1-2,7,14,17H,3-6,8-12,22H2,(H,23,26,27). The van der Waals surface area contributed by atoms with Crippen molar-refractivity contribution in [2.24, 2.45) is 11.7 Å². The molecule has 1 aliphatic carbocycles. The highest BCUT2D eigenvalue weighted by Gasteiger charge is 2.49. The number of carbonyl (C=O) groups is 3. The maximum absolute atomic E-state index is 12.8. The second kappa shape index (κ2) is 6.39. The molecule has 3 heterocycles. The van der Waals surface area contributed by atoms with Crippen molar-refractivity contribution in [2.75, 3.05) is 13.1 Å². The summed E-state index contributed by atoms with van der Waals surface area (Å²) in [6.07, 6.45) is 4.34. The number of nitrogens with zero attached hydrogens (tertiary/aromatic N) is 2. The van der Waals surface area contributed by atoms with E-state index in [2.05, 4.69) is 16.3 Å². The highest BCUT2D eigenvalue weighted by atomic mass is 16.2. The molecule has 4 aliphatic rings. The third-order valence-corrected chi connectivity index (χ3v) is 7.18. The Morgan fingerprint density at radius 1 is 1.21 bits per heavy atom. The maximum atomic E-state index is 12.8. The number of benzene rings is 1. The van der Waals surface area contributed by atoms with Crippen molar-refractivity contribution in [1.82, 2.24) is 15.1 Å². The van der Waals surface area contributed by atoms with Crippen LogP contribution >= 0.6 is 0 Å². The third-order valence-electron chi connectivity index (χ3n) is 7.18. The van der Waals surface area contributed by atoms with Gasteiger partial charge in [-0.25, -0.2) is 0 Å². The summed E-state index contributed by atoms with van der Waals surface area (Å²) in [6.45, 7) is 3.10. The minimum atomic E-state index is -0.559. The van der Waals surface area contributed by atoms with E-state index < -0.39 is 6.04 Å². The molecule has 0 aromatic heterocycles. The van der Waals surface area contributed by atoms with Gasteiger partial charge in [-0.05, 0) is 48.8 Å². The van der Waals surface area contributed by atoms with Crippen LogP contribution in [0, 0.1) is 5.92 Å². The minimum absolute atomic E-state index is 0.116. The molecule has 3 N–H and O–H groups in total. The van der Waals surface area contributed by atoms with Crippen molar-refractivity contribution in [3.8, 4) is 0 Å². The van der Waals surface area contributed by atoms with E-state index >= 15 is 0 Å². The van der Waals surface area contributed by atoms with Gasteiger partial charge in [0.1, 0.15) is 6.04 Å². The molecule has 3 atom stereocenters. The monoisotopic (exact) mass is 382 g/mol. The van der Waals surface area contributed by atoms with Crippen LogP contribution in [0.4, 0.5) is 0 Å². The molecule has 3 aliphatic heterocycles. The number of hydrogen-bond donors (Lipinski definition) is 2. The quantitative estimate of drug-likeness (QED) is 0.750. The predicted molar refractivity (Wildman–Crippen MR) is 102 cm³/mol. The number of amides is 3. The molecule has 5 rings (SSSR count). The van der Waals surface area contributed by atoms with E-state index in [1.54, 1.807) is 4.90 Å². The Bertz CT molecular complexity index is 869. The fourth-order valence-electron chi connectivity index (χ4n) is 5.66. The summed E-state index contributed by atoms with van der Waals surface area (Å²) < 4.78 is 0. The van der Waals surface area contributed by atoms with E-state index in [4.69, 9.17) is 5.73 Å². The van der Waals surface area contributed by atoms with Gasteiger partial charge < -0.3 is 10.6 Å². The molecular formula is C21H26N4O3. The number of nitrogens with two attached hydrogens (primary N) is 1. The normalized spacial score (nSPS) is 32.2. The Morgan fingerprint density at radius 2 is 2.07 bits per heavy atom. The second-order valence-corrected chi connectivity index (χ2v) is 8.81. The molecule has 1 saturated carbocycles. The molecular weight excluding hydrogens is 356 g/mol.